The second-order valence-corrected chi connectivity index (χ2v) is 6.53. The molecule has 2 aromatic carbocycles. The van der Waals surface area contributed by atoms with E-state index in [4.69, 9.17) is 4.42 Å². The standard InChI is InChI=1S/C19H19F3N4O/c1-18(2,23-3)17-26-25-16(27-17)14-6-4-5-7-15(14)24-13-10-8-12(9-11-13)19(20,21)22/h4-11,23-24H,1-3H3. The first kappa shape index (κ1) is 18.9. The van der Waals surface area contributed by atoms with Gasteiger partial charge in [-0.05, 0) is 57.3 Å². The summed E-state index contributed by atoms with van der Waals surface area (Å²) in [6.45, 7) is 3.83. The third-order valence-corrected chi connectivity index (χ3v) is 4.23. The molecule has 3 rings (SSSR count). The minimum absolute atomic E-state index is 0.323. The van der Waals surface area contributed by atoms with Crippen LogP contribution in [0.5, 0.6) is 0 Å². The summed E-state index contributed by atoms with van der Waals surface area (Å²) in [7, 11) is 1.80. The molecule has 0 aliphatic heterocycles. The lowest BCUT2D eigenvalue weighted by Crippen LogP contribution is -2.33. The van der Waals surface area contributed by atoms with Crippen LogP contribution >= 0.6 is 0 Å². The van der Waals surface area contributed by atoms with Crippen LogP contribution in [-0.4, -0.2) is 17.2 Å². The molecule has 0 aliphatic rings. The summed E-state index contributed by atoms with van der Waals surface area (Å²) >= 11 is 0. The molecule has 8 heteroatoms. The first-order valence-corrected chi connectivity index (χ1v) is 8.27. The molecule has 0 amide bonds. The van der Waals surface area contributed by atoms with Gasteiger partial charge in [0.2, 0.25) is 11.8 Å². The highest BCUT2D eigenvalue weighted by Gasteiger charge is 2.30. The van der Waals surface area contributed by atoms with E-state index < -0.39 is 17.3 Å². The van der Waals surface area contributed by atoms with Crippen molar-refractivity contribution in [3.05, 3.63) is 60.0 Å². The fourth-order valence-corrected chi connectivity index (χ4v) is 2.37. The van der Waals surface area contributed by atoms with E-state index in [0.29, 0.717) is 28.7 Å². The number of rotatable bonds is 5. The molecule has 27 heavy (non-hydrogen) atoms. The van der Waals surface area contributed by atoms with Gasteiger partial charge in [-0.25, -0.2) is 0 Å². The third-order valence-electron chi connectivity index (χ3n) is 4.23. The van der Waals surface area contributed by atoms with E-state index in [0.717, 1.165) is 12.1 Å². The second-order valence-electron chi connectivity index (χ2n) is 6.53. The van der Waals surface area contributed by atoms with Gasteiger partial charge in [0.1, 0.15) is 0 Å². The maximum atomic E-state index is 12.7. The van der Waals surface area contributed by atoms with Gasteiger partial charge in [-0.3, -0.25) is 0 Å². The van der Waals surface area contributed by atoms with E-state index in [-0.39, 0.29) is 0 Å². The molecule has 0 saturated heterocycles. The largest absolute Gasteiger partial charge is 0.419 e. The second kappa shape index (κ2) is 7.03. The van der Waals surface area contributed by atoms with Gasteiger partial charge < -0.3 is 15.1 Å². The number of para-hydroxylation sites is 1. The number of alkyl halides is 3. The average molecular weight is 376 g/mol. The van der Waals surface area contributed by atoms with Crippen LogP contribution in [0.1, 0.15) is 25.3 Å². The molecule has 142 valence electrons. The molecule has 1 heterocycles. The van der Waals surface area contributed by atoms with Crippen LogP contribution in [0.3, 0.4) is 0 Å². The van der Waals surface area contributed by atoms with Crippen molar-refractivity contribution in [2.75, 3.05) is 12.4 Å². The molecule has 0 aliphatic carbocycles. The highest BCUT2D eigenvalue weighted by atomic mass is 19.4. The fourth-order valence-electron chi connectivity index (χ4n) is 2.37. The molecule has 1 aromatic heterocycles. The van der Waals surface area contributed by atoms with Crippen molar-refractivity contribution in [2.24, 2.45) is 0 Å². The Kier molecular flexibility index (Phi) is 4.93. The molecule has 5 nitrogen and oxygen atoms in total. The molecule has 0 radical (unpaired) electrons. The minimum Gasteiger partial charge on any atom is -0.419 e. The van der Waals surface area contributed by atoms with Gasteiger partial charge in [0.15, 0.2) is 0 Å². The van der Waals surface area contributed by atoms with Crippen molar-refractivity contribution < 1.29 is 17.6 Å². The van der Waals surface area contributed by atoms with Crippen molar-refractivity contribution in [1.82, 2.24) is 15.5 Å². The molecular weight excluding hydrogens is 357 g/mol. The van der Waals surface area contributed by atoms with Gasteiger partial charge in [-0.15, -0.1) is 10.2 Å². The minimum atomic E-state index is -4.36. The Morgan fingerprint density at radius 1 is 0.926 bits per heavy atom. The van der Waals surface area contributed by atoms with Crippen LogP contribution < -0.4 is 10.6 Å². The summed E-state index contributed by atoms with van der Waals surface area (Å²) in [4.78, 5) is 0. The number of nitrogens with zero attached hydrogens (tertiary/aromatic N) is 2. The third kappa shape index (κ3) is 4.11. The SMILES string of the molecule is CNC(C)(C)c1nnc(-c2ccccc2Nc2ccc(C(F)(F)F)cc2)o1. The molecule has 0 bridgehead atoms. The Balaban J connectivity index is 1.89. The van der Waals surface area contributed by atoms with E-state index >= 15 is 0 Å². The van der Waals surface area contributed by atoms with Crippen LogP contribution in [0.15, 0.2) is 52.9 Å². The normalized spacial score (nSPS) is 12.2. The van der Waals surface area contributed by atoms with Crippen LogP contribution in [0.2, 0.25) is 0 Å². The predicted molar refractivity (Wildman–Crippen MR) is 96.5 cm³/mol. The summed E-state index contributed by atoms with van der Waals surface area (Å²) in [6.07, 6.45) is -4.36. The van der Waals surface area contributed by atoms with E-state index in [1.54, 1.807) is 19.2 Å². The van der Waals surface area contributed by atoms with E-state index in [1.165, 1.54) is 12.1 Å². The molecule has 0 unspecified atom stereocenters. The Morgan fingerprint density at radius 2 is 1.59 bits per heavy atom. The smallest absolute Gasteiger partial charge is 0.416 e. The van der Waals surface area contributed by atoms with E-state index in [9.17, 15) is 13.2 Å². The summed E-state index contributed by atoms with van der Waals surface area (Å²) in [5.74, 6) is 0.757. The van der Waals surface area contributed by atoms with E-state index in [1.807, 2.05) is 26.0 Å². The number of halogens is 3. The number of benzene rings is 2. The monoisotopic (exact) mass is 376 g/mol. The van der Waals surface area contributed by atoms with Gasteiger partial charge in [0.25, 0.3) is 0 Å². The van der Waals surface area contributed by atoms with Crippen LogP contribution in [0.25, 0.3) is 11.5 Å². The molecule has 0 spiro atoms. The van der Waals surface area contributed by atoms with Crippen molar-refractivity contribution in [2.45, 2.75) is 25.6 Å². The molecule has 0 atom stereocenters. The van der Waals surface area contributed by atoms with Crippen molar-refractivity contribution in [1.29, 1.82) is 0 Å². The van der Waals surface area contributed by atoms with Crippen LogP contribution in [0, 0.1) is 0 Å². The highest BCUT2D eigenvalue weighted by molar-refractivity contribution is 5.76. The summed E-state index contributed by atoms with van der Waals surface area (Å²) in [5, 5.41) is 14.4. The molecule has 2 N–H and O–H groups in total. The maximum absolute atomic E-state index is 12.7. The van der Waals surface area contributed by atoms with Gasteiger partial charge in [0, 0.05) is 5.69 Å². The predicted octanol–water partition coefficient (Wildman–Crippen LogP) is 4.95. The topological polar surface area (TPSA) is 63.0 Å². The van der Waals surface area contributed by atoms with Gasteiger partial charge >= 0.3 is 6.18 Å². The quantitative estimate of drug-likeness (QED) is 0.659. The zero-order valence-electron chi connectivity index (χ0n) is 15.1. The fraction of sp³-hybridized carbons (Fsp3) is 0.263. The molecule has 0 saturated carbocycles. The number of hydrogen-bond donors (Lipinski definition) is 2. The van der Waals surface area contributed by atoms with Gasteiger partial charge in [-0.2, -0.15) is 13.2 Å². The Morgan fingerprint density at radius 3 is 2.22 bits per heavy atom. The number of aromatic nitrogens is 2. The van der Waals surface area contributed by atoms with Crippen LogP contribution in [-0.2, 0) is 11.7 Å². The molecular formula is C19H19F3N4O. The van der Waals surface area contributed by atoms with Crippen molar-refractivity contribution in [3.8, 4) is 11.5 Å². The number of anilines is 2. The molecule has 3 aromatic rings. The number of nitrogens with one attached hydrogen (secondary N) is 2. The first-order chi connectivity index (χ1) is 12.7. The highest BCUT2D eigenvalue weighted by Crippen LogP contribution is 2.33. The Labute approximate surface area is 154 Å². The van der Waals surface area contributed by atoms with Gasteiger partial charge in [0.05, 0.1) is 22.4 Å². The lowest BCUT2D eigenvalue weighted by atomic mass is 10.1. The van der Waals surface area contributed by atoms with Crippen LogP contribution in [0.4, 0.5) is 24.5 Å². The Bertz CT molecular complexity index is 917. The lowest BCUT2D eigenvalue weighted by Gasteiger charge is -2.18. The van der Waals surface area contributed by atoms with Crippen molar-refractivity contribution in [3.63, 3.8) is 0 Å². The summed E-state index contributed by atoms with van der Waals surface area (Å²) in [5.41, 5.74) is 0.641. The molecule has 0 fully saturated rings. The summed E-state index contributed by atoms with van der Waals surface area (Å²) in [6, 6.07) is 12.0. The zero-order valence-corrected chi connectivity index (χ0v) is 15.1. The van der Waals surface area contributed by atoms with E-state index in [2.05, 4.69) is 20.8 Å². The lowest BCUT2D eigenvalue weighted by molar-refractivity contribution is -0.137. The average Bonchev–Trinajstić information content (AvgIpc) is 3.13. The van der Waals surface area contributed by atoms with Crippen molar-refractivity contribution >= 4 is 11.4 Å². The maximum Gasteiger partial charge on any atom is 0.416 e. The Hall–Kier alpha value is -2.87. The number of hydrogen-bond acceptors (Lipinski definition) is 5. The first-order valence-electron chi connectivity index (χ1n) is 8.27. The zero-order chi connectivity index (χ0) is 19.7. The summed E-state index contributed by atoms with van der Waals surface area (Å²) < 4.78 is 43.9. The van der Waals surface area contributed by atoms with Gasteiger partial charge in [-0.1, -0.05) is 12.1 Å².